The van der Waals surface area contributed by atoms with E-state index in [-0.39, 0.29) is 35.4 Å². The molecular weight excluding hydrogens is 292 g/mol. The molecule has 2 aromatic rings. The minimum atomic E-state index is -0.516. The molecule has 122 valence electrons. The van der Waals surface area contributed by atoms with Crippen LogP contribution in [0.2, 0.25) is 0 Å². The van der Waals surface area contributed by atoms with Gasteiger partial charge in [-0.15, -0.1) is 0 Å². The summed E-state index contributed by atoms with van der Waals surface area (Å²) in [5, 5.41) is 11.2. The van der Waals surface area contributed by atoms with Gasteiger partial charge in [0.05, 0.1) is 10.9 Å². The topological polar surface area (TPSA) is 67.5 Å². The zero-order valence-corrected chi connectivity index (χ0v) is 13.4. The summed E-state index contributed by atoms with van der Waals surface area (Å²) in [6.07, 6.45) is 5.67. The minimum absolute atomic E-state index is 0.0197. The van der Waals surface area contributed by atoms with Crippen LogP contribution in [0.25, 0.3) is 11.0 Å². The zero-order chi connectivity index (χ0) is 16.4. The van der Waals surface area contributed by atoms with E-state index in [0.717, 1.165) is 25.7 Å². The Balaban J connectivity index is 2.12. The number of ketones is 1. The van der Waals surface area contributed by atoms with Crippen molar-refractivity contribution < 1.29 is 14.3 Å². The molecular formula is C19H22O4. The second kappa shape index (κ2) is 6.57. The van der Waals surface area contributed by atoms with Crippen LogP contribution in [-0.2, 0) is 4.79 Å². The molecule has 1 fully saturated rings. The van der Waals surface area contributed by atoms with Crippen molar-refractivity contribution in [3.63, 3.8) is 0 Å². The number of carbonyl (C=O) groups excluding carboxylic acids is 1. The van der Waals surface area contributed by atoms with Crippen molar-refractivity contribution in [2.24, 2.45) is 5.92 Å². The fourth-order valence-electron chi connectivity index (χ4n) is 3.83. The molecule has 1 saturated carbocycles. The highest BCUT2D eigenvalue weighted by Crippen LogP contribution is 2.41. The van der Waals surface area contributed by atoms with Gasteiger partial charge in [-0.1, -0.05) is 31.4 Å². The average Bonchev–Trinajstić information content (AvgIpc) is 2.54. The van der Waals surface area contributed by atoms with E-state index in [4.69, 9.17) is 4.42 Å². The second-order valence-corrected chi connectivity index (χ2v) is 6.56. The third-order valence-corrected chi connectivity index (χ3v) is 4.92. The molecule has 1 aliphatic carbocycles. The van der Waals surface area contributed by atoms with Crippen molar-refractivity contribution in [3.05, 3.63) is 40.2 Å². The van der Waals surface area contributed by atoms with E-state index in [1.165, 1.54) is 13.3 Å². The van der Waals surface area contributed by atoms with Gasteiger partial charge in [0.25, 0.3) is 0 Å². The summed E-state index contributed by atoms with van der Waals surface area (Å²) < 4.78 is 5.40. The van der Waals surface area contributed by atoms with Crippen LogP contribution >= 0.6 is 0 Å². The summed E-state index contributed by atoms with van der Waals surface area (Å²) in [4.78, 5) is 24.2. The first-order valence-corrected chi connectivity index (χ1v) is 8.32. The van der Waals surface area contributed by atoms with Gasteiger partial charge in [0.2, 0.25) is 0 Å². The van der Waals surface area contributed by atoms with Gasteiger partial charge < -0.3 is 14.3 Å². The zero-order valence-electron chi connectivity index (χ0n) is 13.4. The van der Waals surface area contributed by atoms with Crippen LogP contribution in [0.4, 0.5) is 0 Å². The van der Waals surface area contributed by atoms with Crippen LogP contribution in [0, 0.1) is 5.92 Å². The van der Waals surface area contributed by atoms with Crippen molar-refractivity contribution in [3.8, 4) is 5.75 Å². The molecule has 0 spiro atoms. The average molecular weight is 314 g/mol. The quantitative estimate of drug-likeness (QED) is 0.861. The number of benzene rings is 1. The van der Waals surface area contributed by atoms with Crippen molar-refractivity contribution in [2.45, 2.75) is 51.4 Å². The Labute approximate surface area is 135 Å². The maximum Gasteiger partial charge on any atom is 0.343 e. The Bertz CT molecular complexity index is 769. The van der Waals surface area contributed by atoms with Crippen molar-refractivity contribution in [1.29, 1.82) is 0 Å². The number of hydrogen-bond donors (Lipinski definition) is 1. The molecule has 1 heterocycles. The number of para-hydroxylation sites is 1. The van der Waals surface area contributed by atoms with Gasteiger partial charge in [0.1, 0.15) is 17.1 Å². The SMILES string of the molecule is CC(=O)C[C@H](c1c(O)c2ccccc2oc1=O)C1CCCCC1. The summed E-state index contributed by atoms with van der Waals surface area (Å²) in [5.41, 5.74) is 0.146. The van der Waals surface area contributed by atoms with Crippen molar-refractivity contribution in [1.82, 2.24) is 0 Å². The lowest BCUT2D eigenvalue weighted by Gasteiger charge is -2.29. The van der Waals surface area contributed by atoms with Gasteiger partial charge in [0.15, 0.2) is 0 Å². The van der Waals surface area contributed by atoms with Crippen LogP contribution in [0.5, 0.6) is 5.75 Å². The summed E-state index contributed by atoms with van der Waals surface area (Å²) >= 11 is 0. The molecule has 23 heavy (non-hydrogen) atoms. The standard InChI is InChI=1S/C19H22O4/c1-12(20)11-15(13-7-3-2-4-8-13)17-18(21)14-9-5-6-10-16(14)23-19(17)22/h5-6,9-10,13,15,21H,2-4,7-8,11H2,1H3/t15-/m0/s1. The predicted octanol–water partition coefficient (Wildman–Crippen LogP) is 4.14. The molecule has 0 saturated heterocycles. The molecule has 0 aliphatic heterocycles. The third kappa shape index (κ3) is 3.16. The van der Waals surface area contributed by atoms with Crippen LogP contribution in [0.1, 0.15) is 56.9 Å². The Morgan fingerprint density at radius 3 is 2.65 bits per heavy atom. The lowest BCUT2D eigenvalue weighted by atomic mass is 9.74. The van der Waals surface area contributed by atoms with Gasteiger partial charge in [-0.05, 0) is 37.8 Å². The number of rotatable bonds is 4. The molecule has 0 amide bonds. The lowest BCUT2D eigenvalue weighted by molar-refractivity contribution is -0.117. The molecule has 1 atom stereocenters. The molecule has 1 aromatic heterocycles. The first-order chi connectivity index (χ1) is 11.1. The van der Waals surface area contributed by atoms with E-state index in [1.54, 1.807) is 24.3 Å². The summed E-state index contributed by atoms with van der Waals surface area (Å²) in [6, 6.07) is 6.97. The molecule has 4 nitrogen and oxygen atoms in total. The molecule has 1 aliphatic rings. The predicted molar refractivity (Wildman–Crippen MR) is 88.8 cm³/mol. The molecule has 0 radical (unpaired) electrons. The van der Waals surface area contributed by atoms with E-state index in [0.29, 0.717) is 11.0 Å². The van der Waals surface area contributed by atoms with Crippen molar-refractivity contribution >= 4 is 16.8 Å². The highest BCUT2D eigenvalue weighted by atomic mass is 16.4. The second-order valence-electron chi connectivity index (χ2n) is 6.56. The molecule has 0 bridgehead atoms. The summed E-state index contributed by atoms with van der Waals surface area (Å²) in [5.74, 6) is 0.0115. The normalized spacial score (nSPS) is 17.3. The number of aromatic hydroxyl groups is 1. The van der Waals surface area contributed by atoms with Crippen LogP contribution in [0.15, 0.2) is 33.5 Å². The van der Waals surface area contributed by atoms with Crippen molar-refractivity contribution in [2.75, 3.05) is 0 Å². The van der Waals surface area contributed by atoms with Gasteiger partial charge in [0, 0.05) is 12.3 Å². The van der Waals surface area contributed by atoms with Gasteiger partial charge >= 0.3 is 5.63 Å². The molecule has 1 aromatic carbocycles. The number of hydrogen-bond acceptors (Lipinski definition) is 4. The van der Waals surface area contributed by atoms with E-state index in [9.17, 15) is 14.7 Å². The molecule has 3 rings (SSSR count). The Morgan fingerprint density at radius 2 is 1.96 bits per heavy atom. The largest absolute Gasteiger partial charge is 0.507 e. The van der Waals surface area contributed by atoms with Crippen LogP contribution in [-0.4, -0.2) is 10.9 Å². The van der Waals surface area contributed by atoms with Gasteiger partial charge in [-0.2, -0.15) is 0 Å². The fourth-order valence-corrected chi connectivity index (χ4v) is 3.83. The fraction of sp³-hybridized carbons (Fsp3) is 0.474. The summed E-state index contributed by atoms with van der Waals surface area (Å²) in [6.45, 7) is 1.54. The third-order valence-electron chi connectivity index (χ3n) is 4.92. The highest BCUT2D eigenvalue weighted by molar-refractivity contribution is 5.84. The smallest absolute Gasteiger partial charge is 0.343 e. The van der Waals surface area contributed by atoms with E-state index >= 15 is 0 Å². The number of fused-ring (bicyclic) bond motifs is 1. The monoisotopic (exact) mass is 314 g/mol. The maximum atomic E-state index is 12.5. The minimum Gasteiger partial charge on any atom is -0.507 e. The van der Waals surface area contributed by atoms with E-state index in [2.05, 4.69) is 0 Å². The Morgan fingerprint density at radius 1 is 1.26 bits per heavy atom. The van der Waals surface area contributed by atoms with Gasteiger partial charge in [-0.3, -0.25) is 0 Å². The summed E-state index contributed by atoms with van der Waals surface area (Å²) in [7, 11) is 0. The first kappa shape index (κ1) is 15.8. The number of carbonyl (C=O) groups is 1. The Hall–Kier alpha value is -2.10. The van der Waals surface area contributed by atoms with Crippen LogP contribution in [0.3, 0.4) is 0 Å². The highest BCUT2D eigenvalue weighted by Gasteiger charge is 2.31. The molecule has 4 heteroatoms. The van der Waals surface area contributed by atoms with Crippen LogP contribution < -0.4 is 5.63 Å². The number of Topliss-reactive ketones (excluding diaryl/α,β-unsaturated/α-hetero) is 1. The van der Waals surface area contributed by atoms with E-state index < -0.39 is 5.63 Å². The molecule has 0 unspecified atom stereocenters. The maximum absolute atomic E-state index is 12.5. The first-order valence-electron chi connectivity index (χ1n) is 8.32. The van der Waals surface area contributed by atoms with E-state index in [1.807, 2.05) is 0 Å². The lowest BCUT2D eigenvalue weighted by Crippen LogP contribution is -2.24. The van der Waals surface area contributed by atoms with Gasteiger partial charge in [-0.25, -0.2) is 4.79 Å². The Kier molecular flexibility index (Phi) is 4.51. The molecule has 1 N–H and O–H groups in total.